The Morgan fingerprint density at radius 2 is 1.86 bits per heavy atom. The second-order valence-electron chi connectivity index (χ2n) is 4.79. The molecule has 0 aliphatic heterocycles. The average molecular weight is 291 g/mol. The van der Waals surface area contributed by atoms with Gasteiger partial charge in [-0.3, -0.25) is 10.1 Å². The van der Waals surface area contributed by atoms with Crippen LogP contribution in [-0.4, -0.2) is 11.1 Å². The Bertz CT molecular complexity index is 641. The van der Waals surface area contributed by atoms with Crippen LogP contribution in [0.1, 0.15) is 22.7 Å². The molecule has 2 aromatic rings. The molecule has 0 aliphatic carbocycles. The summed E-state index contributed by atoms with van der Waals surface area (Å²) in [6.45, 7) is 1.85. The van der Waals surface area contributed by atoms with Crippen molar-refractivity contribution < 1.29 is 18.7 Å². The molecule has 3 nitrogen and oxygen atoms in total. The molecule has 0 fully saturated rings. The Labute approximate surface area is 121 Å². The Balaban J connectivity index is 2.14. The van der Waals surface area contributed by atoms with E-state index in [0.29, 0.717) is 11.1 Å². The third-order valence-corrected chi connectivity index (χ3v) is 3.19. The van der Waals surface area contributed by atoms with Crippen molar-refractivity contribution in [2.24, 2.45) is 0 Å². The third kappa shape index (κ3) is 3.86. The van der Waals surface area contributed by atoms with Crippen LogP contribution in [0.4, 0.5) is 8.78 Å². The lowest BCUT2D eigenvalue weighted by Gasteiger charge is -2.15. The van der Waals surface area contributed by atoms with Gasteiger partial charge in [0.2, 0.25) is 0 Å². The highest BCUT2D eigenvalue weighted by Gasteiger charge is 2.19. The molecule has 0 aliphatic rings. The highest BCUT2D eigenvalue weighted by Crippen LogP contribution is 2.18. The van der Waals surface area contributed by atoms with Crippen LogP contribution in [0.25, 0.3) is 0 Å². The molecule has 1 atom stereocenters. The van der Waals surface area contributed by atoms with Gasteiger partial charge >= 0.3 is 5.97 Å². The molecule has 5 heteroatoms. The molecule has 1 unspecified atom stereocenters. The third-order valence-electron chi connectivity index (χ3n) is 3.19. The van der Waals surface area contributed by atoms with E-state index in [2.05, 4.69) is 5.32 Å². The highest BCUT2D eigenvalue weighted by molar-refractivity contribution is 5.75. The van der Waals surface area contributed by atoms with Gasteiger partial charge in [0.15, 0.2) is 0 Å². The number of carboxylic acids is 1. The number of aliphatic carboxylic acids is 1. The molecule has 0 aromatic heterocycles. The second kappa shape index (κ2) is 6.45. The maximum absolute atomic E-state index is 13.2. The molecule has 0 saturated heterocycles. The van der Waals surface area contributed by atoms with Gasteiger partial charge in [0, 0.05) is 6.54 Å². The summed E-state index contributed by atoms with van der Waals surface area (Å²) in [5, 5.41) is 12.2. The standard InChI is InChI=1S/C16H15F2NO2/c1-10-8-12(4-7-14(10)18)15(16(20)21)19-9-11-2-5-13(17)6-3-11/h2-8,15,19H,9H2,1H3,(H,20,21). The molecular formula is C16H15F2NO2. The van der Waals surface area contributed by atoms with E-state index < -0.39 is 12.0 Å². The maximum Gasteiger partial charge on any atom is 0.325 e. The van der Waals surface area contributed by atoms with E-state index in [-0.39, 0.29) is 18.2 Å². The topological polar surface area (TPSA) is 49.3 Å². The predicted octanol–water partition coefficient (Wildman–Crippen LogP) is 3.19. The van der Waals surface area contributed by atoms with E-state index in [9.17, 15) is 18.7 Å². The first-order chi connectivity index (χ1) is 9.97. The fourth-order valence-corrected chi connectivity index (χ4v) is 2.02. The number of nitrogens with one attached hydrogen (secondary N) is 1. The number of carbonyl (C=O) groups is 1. The first kappa shape index (κ1) is 15.1. The minimum absolute atomic E-state index is 0.271. The Kier molecular flexibility index (Phi) is 4.65. The van der Waals surface area contributed by atoms with E-state index in [1.54, 1.807) is 19.1 Å². The van der Waals surface area contributed by atoms with Gasteiger partial charge in [0.1, 0.15) is 17.7 Å². The van der Waals surface area contributed by atoms with E-state index in [4.69, 9.17) is 0 Å². The lowest BCUT2D eigenvalue weighted by molar-refractivity contribution is -0.139. The van der Waals surface area contributed by atoms with Gasteiger partial charge in [-0.05, 0) is 41.8 Å². The molecule has 0 heterocycles. The highest BCUT2D eigenvalue weighted by atomic mass is 19.1. The van der Waals surface area contributed by atoms with Crippen molar-refractivity contribution in [1.82, 2.24) is 5.32 Å². The minimum atomic E-state index is -1.05. The van der Waals surface area contributed by atoms with Crippen molar-refractivity contribution in [3.8, 4) is 0 Å². The lowest BCUT2D eigenvalue weighted by Crippen LogP contribution is -2.28. The van der Waals surface area contributed by atoms with Crippen LogP contribution in [-0.2, 0) is 11.3 Å². The van der Waals surface area contributed by atoms with Crippen LogP contribution in [0, 0.1) is 18.6 Å². The maximum atomic E-state index is 13.2. The summed E-state index contributed by atoms with van der Waals surface area (Å²) >= 11 is 0. The minimum Gasteiger partial charge on any atom is -0.480 e. The summed E-state index contributed by atoms with van der Waals surface area (Å²) in [5.74, 6) is -1.77. The molecule has 0 radical (unpaired) electrons. The van der Waals surface area contributed by atoms with E-state index in [0.717, 1.165) is 5.56 Å². The van der Waals surface area contributed by atoms with Crippen molar-refractivity contribution in [3.63, 3.8) is 0 Å². The number of rotatable bonds is 5. The summed E-state index contributed by atoms with van der Waals surface area (Å²) < 4.78 is 26.1. The molecule has 2 aromatic carbocycles. The Hall–Kier alpha value is -2.27. The van der Waals surface area contributed by atoms with Gasteiger partial charge in [-0.2, -0.15) is 0 Å². The summed E-state index contributed by atoms with van der Waals surface area (Å²) in [5.41, 5.74) is 1.63. The molecule has 0 spiro atoms. The number of hydrogen-bond acceptors (Lipinski definition) is 2. The summed E-state index contributed by atoms with van der Waals surface area (Å²) in [6.07, 6.45) is 0. The summed E-state index contributed by atoms with van der Waals surface area (Å²) in [7, 11) is 0. The number of benzene rings is 2. The number of aryl methyl sites for hydroxylation is 1. The van der Waals surface area contributed by atoms with Gasteiger partial charge < -0.3 is 5.11 Å². The zero-order valence-electron chi connectivity index (χ0n) is 11.4. The van der Waals surface area contributed by atoms with Crippen LogP contribution >= 0.6 is 0 Å². The fraction of sp³-hybridized carbons (Fsp3) is 0.188. The predicted molar refractivity (Wildman–Crippen MR) is 74.8 cm³/mol. The van der Waals surface area contributed by atoms with E-state index in [1.165, 1.54) is 30.3 Å². The number of hydrogen-bond donors (Lipinski definition) is 2. The monoisotopic (exact) mass is 291 g/mol. The summed E-state index contributed by atoms with van der Waals surface area (Å²) in [4.78, 5) is 11.4. The normalized spacial score (nSPS) is 12.1. The van der Waals surface area contributed by atoms with Crippen LogP contribution in [0.15, 0.2) is 42.5 Å². The zero-order chi connectivity index (χ0) is 15.4. The Morgan fingerprint density at radius 3 is 2.43 bits per heavy atom. The van der Waals surface area contributed by atoms with Crippen molar-refractivity contribution >= 4 is 5.97 Å². The molecule has 0 bridgehead atoms. The molecule has 0 saturated carbocycles. The van der Waals surface area contributed by atoms with Gasteiger partial charge in [0.05, 0.1) is 0 Å². The average Bonchev–Trinajstić information content (AvgIpc) is 2.44. The molecule has 21 heavy (non-hydrogen) atoms. The number of halogens is 2. The van der Waals surface area contributed by atoms with Crippen LogP contribution in [0.5, 0.6) is 0 Å². The molecule has 0 amide bonds. The van der Waals surface area contributed by atoms with Gasteiger partial charge in [0.25, 0.3) is 0 Å². The van der Waals surface area contributed by atoms with Crippen molar-refractivity contribution in [2.45, 2.75) is 19.5 Å². The van der Waals surface area contributed by atoms with Crippen molar-refractivity contribution in [3.05, 3.63) is 70.8 Å². The van der Waals surface area contributed by atoms with Gasteiger partial charge in [-0.25, -0.2) is 8.78 Å². The summed E-state index contributed by atoms with van der Waals surface area (Å²) in [6, 6.07) is 9.04. The van der Waals surface area contributed by atoms with Crippen molar-refractivity contribution in [1.29, 1.82) is 0 Å². The quantitative estimate of drug-likeness (QED) is 0.889. The van der Waals surface area contributed by atoms with Crippen molar-refractivity contribution in [2.75, 3.05) is 0 Å². The zero-order valence-corrected chi connectivity index (χ0v) is 11.4. The number of carboxylic acid groups (broad SMARTS) is 1. The van der Waals surface area contributed by atoms with Gasteiger partial charge in [-0.1, -0.05) is 24.3 Å². The first-order valence-corrected chi connectivity index (χ1v) is 6.44. The van der Waals surface area contributed by atoms with E-state index >= 15 is 0 Å². The smallest absolute Gasteiger partial charge is 0.325 e. The second-order valence-corrected chi connectivity index (χ2v) is 4.79. The molecule has 110 valence electrons. The van der Waals surface area contributed by atoms with Crippen LogP contribution in [0.2, 0.25) is 0 Å². The Morgan fingerprint density at radius 1 is 1.19 bits per heavy atom. The SMILES string of the molecule is Cc1cc(C(NCc2ccc(F)cc2)C(=O)O)ccc1F. The molecular weight excluding hydrogens is 276 g/mol. The largest absolute Gasteiger partial charge is 0.480 e. The fourth-order valence-electron chi connectivity index (χ4n) is 2.02. The van der Waals surface area contributed by atoms with E-state index in [1.807, 2.05) is 0 Å². The van der Waals surface area contributed by atoms with Crippen LogP contribution < -0.4 is 5.32 Å². The van der Waals surface area contributed by atoms with Gasteiger partial charge in [-0.15, -0.1) is 0 Å². The lowest BCUT2D eigenvalue weighted by atomic mass is 10.0. The molecule has 2 rings (SSSR count). The molecule has 2 N–H and O–H groups in total. The van der Waals surface area contributed by atoms with Crippen LogP contribution in [0.3, 0.4) is 0 Å². The first-order valence-electron chi connectivity index (χ1n) is 6.44.